The van der Waals surface area contributed by atoms with Gasteiger partial charge in [-0.2, -0.15) is 0 Å². The van der Waals surface area contributed by atoms with Crippen LogP contribution in [0.15, 0.2) is 18.2 Å². The van der Waals surface area contributed by atoms with E-state index in [9.17, 15) is 14.9 Å². The van der Waals surface area contributed by atoms with Gasteiger partial charge < -0.3 is 9.80 Å². The van der Waals surface area contributed by atoms with Crippen molar-refractivity contribution in [2.45, 2.75) is 6.42 Å². The monoisotopic (exact) mass is 320 g/mol. The molecule has 0 saturated carbocycles. The number of nitro groups is 1. The zero-order valence-electron chi connectivity index (χ0n) is 13.8. The Morgan fingerprint density at radius 2 is 1.96 bits per heavy atom. The summed E-state index contributed by atoms with van der Waals surface area (Å²) in [7, 11) is 4.15. The van der Waals surface area contributed by atoms with E-state index < -0.39 is 4.92 Å². The molecule has 23 heavy (non-hydrogen) atoms. The van der Waals surface area contributed by atoms with Crippen LogP contribution in [0.5, 0.6) is 0 Å². The summed E-state index contributed by atoms with van der Waals surface area (Å²) >= 11 is 0. The molecule has 1 heterocycles. The number of aldehydes is 1. The van der Waals surface area contributed by atoms with E-state index in [1.165, 1.54) is 12.1 Å². The molecule has 2 rings (SSSR count). The van der Waals surface area contributed by atoms with Crippen LogP contribution in [-0.4, -0.2) is 74.4 Å². The van der Waals surface area contributed by atoms with Crippen molar-refractivity contribution in [2.75, 3.05) is 58.3 Å². The van der Waals surface area contributed by atoms with Gasteiger partial charge in [0, 0.05) is 49.6 Å². The lowest BCUT2D eigenvalue weighted by molar-refractivity contribution is -0.384. The minimum Gasteiger partial charge on any atom is -0.368 e. The Labute approximate surface area is 136 Å². The lowest BCUT2D eigenvalue weighted by atomic mass is 10.1. The van der Waals surface area contributed by atoms with E-state index in [1.54, 1.807) is 6.07 Å². The molecule has 0 aromatic heterocycles. The molecule has 1 saturated heterocycles. The summed E-state index contributed by atoms with van der Waals surface area (Å²) in [4.78, 5) is 28.3. The number of anilines is 1. The Morgan fingerprint density at radius 1 is 1.26 bits per heavy atom. The predicted molar refractivity (Wildman–Crippen MR) is 90.3 cm³/mol. The Balaban J connectivity index is 1.94. The molecule has 7 heteroatoms. The quantitative estimate of drug-likeness (QED) is 0.430. The van der Waals surface area contributed by atoms with E-state index in [-0.39, 0.29) is 5.69 Å². The highest BCUT2D eigenvalue weighted by Crippen LogP contribution is 2.25. The van der Waals surface area contributed by atoms with Crippen molar-refractivity contribution >= 4 is 17.7 Å². The molecule has 0 spiro atoms. The van der Waals surface area contributed by atoms with Crippen LogP contribution in [0.25, 0.3) is 0 Å². The van der Waals surface area contributed by atoms with Crippen LogP contribution in [0, 0.1) is 10.1 Å². The molecular formula is C16H24N4O3. The molecule has 0 unspecified atom stereocenters. The fourth-order valence-corrected chi connectivity index (χ4v) is 2.86. The second-order valence-corrected chi connectivity index (χ2v) is 6.10. The first-order chi connectivity index (χ1) is 11.0. The van der Waals surface area contributed by atoms with Crippen LogP contribution in [0.4, 0.5) is 11.4 Å². The lowest BCUT2D eigenvalue weighted by Gasteiger charge is -2.36. The first kappa shape index (κ1) is 17.4. The Morgan fingerprint density at radius 3 is 2.52 bits per heavy atom. The van der Waals surface area contributed by atoms with Crippen molar-refractivity contribution in [3.63, 3.8) is 0 Å². The maximum absolute atomic E-state index is 11.2. The standard InChI is InChI=1S/C16H24N4O3/c1-17(2)6-3-7-18-8-10-19(11-9-18)16-5-4-15(20(22)23)12-14(16)13-21/h4-5,12-13H,3,6-11H2,1-2H3. The predicted octanol–water partition coefficient (Wildman–Crippen LogP) is 1.48. The van der Waals surface area contributed by atoms with Gasteiger partial charge in [-0.05, 0) is 39.7 Å². The number of carbonyl (C=O) groups excluding carboxylic acids is 1. The molecule has 0 N–H and O–H groups in total. The van der Waals surface area contributed by atoms with Gasteiger partial charge in [-0.1, -0.05) is 0 Å². The van der Waals surface area contributed by atoms with Crippen molar-refractivity contribution in [1.29, 1.82) is 0 Å². The van der Waals surface area contributed by atoms with Crippen LogP contribution >= 0.6 is 0 Å². The number of rotatable bonds is 7. The lowest BCUT2D eigenvalue weighted by Crippen LogP contribution is -2.47. The van der Waals surface area contributed by atoms with E-state index in [1.807, 2.05) is 0 Å². The molecule has 126 valence electrons. The van der Waals surface area contributed by atoms with Crippen molar-refractivity contribution in [3.05, 3.63) is 33.9 Å². The summed E-state index contributed by atoms with van der Waals surface area (Å²) in [5.41, 5.74) is 1.14. The van der Waals surface area contributed by atoms with Gasteiger partial charge in [0.05, 0.1) is 4.92 Å². The smallest absolute Gasteiger partial charge is 0.270 e. The van der Waals surface area contributed by atoms with Gasteiger partial charge >= 0.3 is 0 Å². The van der Waals surface area contributed by atoms with Gasteiger partial charge in [0.1, 0.15) is 0 Å². The summed E-state index contributed by atoms with van der Waals surface area (Å²) in [5, 5.41) is 10.8. The minimum atomic E-state index is -0.473. The molecule has 1 aliphatic heterocycles. The fourth-order valence-electron chi connectivity index (χ4n) is 2.86. The highest BCUT2D eigenvalue weighted by molar-refractivity contribution is 5.86. The van der Waals surface area contributed by atoms with Crippen molar-refractivity contribution in [1.82, 2.24) is 9.80 Å². The molecule has 0 aliphatic carbocycles. The number of non-ortho nitro benzene ring substituents is 1. The van der Waals surface area contributed by atoms with Gasteiger partial charge in [0.25, 0.3) is 5.69 Å². The molecule has 0 radical (unpaired) electrons. The average Bonchev–Trinajstić information content (AvgIpc) is 2.54. The van der Waals surface area contributed by atoms with E-state index in [0.717, 1.165) is 51.4 Å². The second-order valence-electron chi connectivity index (χ2n) is 6.10. The summed E-state index contributed by atoms with van der Waals surface area (Å²) < 4.78 is 0. The van der Waals surface area contributed by atoms with Crippen molar-refractivity contribution in [2.24, 2.45) is 0 Å². The largest absolute Gasteiger partial charge is 0.368 e. The maximum atomic E-state index is 11.2. The normalized spacial score (nSPS) is 15.9. The summed E-state index contributed by atoms with van der Waals surface area (Å²) in [6.45, 7) is 5.72. The number of benzene rings is 1. The first-order valence-corrected chi connectivity index (χ1v) is 7.87. The van der Waals surface area contributed by atoms with Crippen molar-refractivity contribution in [3.8, 4) is 0 Å². The third kappa shape index (κ3) is 4.74. The van der Waals surface area contributed by atoms with E-state index in [4.69, 9.17) is 0 Å². The fraction of sp³-hybridized carbons (Fsp3) is 0.562. The molecule has 7 nitrogen and oxygen atoms in total. The number of nitrogens with zero attached hydrogens (tertiary/aromatic N) is 4. The molecule has 1 aromatic rings. The van der Waals surface area contributed by atoms with Gasteiger partial charge in [-0.3, -0.25) is 19.8 Å². The molecule has 0 atom stereocenters. The Hall–Kier alpha value is -1.99. The van der Waals surface area contributed by atoms with Gasteiger partial charge in [-0.25, -0.2) is 0 Å². The average molecular weight is 320 g/mol. The highest BCUT2D eigenvalue weighted by Gasteiger charge is 2.20. The molecule has 0 bridgehead atoms. The summed E-state index contributed by atoms with van der Waals surface area (Å²) in [6.07, 6.45) is 1.84. The number of hydrogen-bond acceptors (Lipinski definition) is 6. The van der Waals surface area contributed by atoms with Gasteiger partial charge in [0.15, 0.2) is 6.29 Å². The topological polar surface area (TPSA) is 69.9 Å². The Bertz CT molecular complexity index is 554. The van der Waals surface area contributed by atoms with E-state index in [0.29, 0.717) is 11.8 Å². The highest BCUT2D eigenvalue weighted by atomic mass is 16.6. The minimum absolute atomic E-state index is 0.0434. The number of hydrogen-bond donors (Lipinski definition) is 0. The molecule has 1 aliphatic rings. The summed E-state index contributed by atoms with van der Waals surface area (Å²) in [6, 6.07) is 4.50. The molecule has 0 amide bonds. The third-order valence-corrected chi connectivity index (χ3v) is 4.14. The van der Waals surface area contributed by atoms with Crippen LogP contribution in [-0.2, 0) is 0 Å². The molecule has 1 aromatic carbocycles. The van der Waals surface area contributed by atoms with Gasteiger partial charge in [0.2, 0.25) is 0 Å². The van der Waals surface area contributed by atoms with Gasteiger partial charge in [-0.15, -0.1) is 0 Å². The van der Waals surface area contributed by atoms with Crippen LogP contribution < -0.4 is 4.90 Å². The zero-order chi connectivity index (χ0) is 16.8. The van der Waals surface area contributed by atoms with Crippen LogP contribution in [0.2, 0.25) is 0 Å². The number of carbonyl (C=O) groups is 1. The summed E-state index contributed by atoms with van der Waals surface area (Å²) in [5.74, 6) is 0. The molecule has 1 fully saturated rings. The first-order valence-electron chi connectivity index (χ1n) is 7.87. The Kier molecular flexibility index (Phi) is 6.06. The maximum Gasteiger partial charge on any atom is 0.270 e. The van der Waals surface area contributed by atoms with Crippen LogP contribution in [0.1, 0.15) is 16.8 Å². The van der Waals surface area contributed by atoms with E-state index in [2.05, 4.69) is 28.8 Å². The zero-order valence-corrected chi connectivity index (χ0v) is 13.8. The molecular weight excluding hydrogens is 296 g/mol. The third-order valence-electron chi connectivity index (χ3n) is 4.14. The number of nitro benzene ring substituents is 1. The van der Waals surface area contributed by atoms with Crippen LogP contribution in [0.3, 0.4) is 0 Å². The van der Waals surface area contributed by atoms with E-state index >= 15 is 0 Å². The second kappa shape index (κ2) is 8.03. The SMILES string of the molecule is CN(C)CCCN1CCN(c2ccc([N+](=O)[O-])cc2C=O)CC1. The number of piperazine rings is 1. The van der Waals surface area contributed by atoms with Crippen molar-refractivity contribution < 1.29 is 9.72 Å².